The molecule has 11 aromatic rings. The fourth-order valence-electron chi connectivity index (χ4n) is 10.6. The van der Waals surface area contributed by atoms with Gasteiger partial charge in [-0.15, -0.1) is 0 Å². The second-order valence-electron chi connectivity index (χ2n) is 18.3. The summed E-state index contributed by atoms with van der Waals surface area (Å²) in [6, 6.07) is 62.6. The second-order valence-corrected chi connectivity index (χ2v) is 18.3. The van der Waals surface area contributed by atoms with Crippen LogP contribution in [-0.4, -0.2) is 14.1 Å². The number of benzene rings is 8. The first-order chi connectivity index (χ1) is 36.1. The van der Waals surface area contributed by atoms with Crippen molar-refractivity contribution in [1.82, 2.24) is 14.1 Å². The topological polar surface area (TPSA) is 118 Å². The highest BCUT2D eigenvalue weighted by Crippen LogP contribution is 2.46. The molecular formula is C64H36F3N7. The minimum Gasteiger partial charge on any atom is -0.309 e. The molecule has 0 bridgehead atoms. The normalized spacial score (nSPS) is 13.0. The summed E-state index contributed by atoms with van der Waals surface area (Å²) in [6.07, 6.45) is 3.25. The van der Waals surface area contributed by atoms with Gasteiger partial charge in [-0.25, -0.2) is 0 Å². The van der Waals surface area contributed by atoms with Gasteiger partial charge in [-0.05, 0) is 160 Å². The van der Waals surface area contributed by atoms with Crippen molar-refractivity contribution in [3.8, 4) is 80.2 Å². The Morgan fingerprint density at radius 1 is 0.473 bits per heavy atom. The van der Waals surface area contributed by atoms with E-state index in [9.17, 15) is 21.0 Å². The van der Waals surface area contributed by atoms with Crippen molar-refractivity contribution in [2.24, 2.45) is 0 Å². The van der Waals surface area contributed by atoms with Crippen LogP contribution in [0.3, 0.4) is 0 Å². The first-order valence-electron chi connectivity index (χ1n) is 23.7. The Labute approximate surface area is 423 Å². The maximum atomic E-state index is 15.1. The van der Waals surface area contributed by atoms with Gasteiger partial charge in [-0.1, -0.05) is 78.9 Å². The van der Waals surface area contributed by atoms with Crippen LogP contribution in [0.15, 0.2) is 194 Å². The van der Waals surface area contributed by atoms with E-state index in [0.717, 1.165) is 83.5 Å². The molecule has 74 heavy (non-hydrogen) atoms. The summed E-state index contributed by atoms with van der Waals surface area (Å²) < 4.78 is 49.4. The van der Waals surface area contributed by atoms with Crippen LogP contribution in [0, 0.1) is 45.3 Å². The summed E-state index contributed by atoms with van der Waals surface area (Å²) in [5.41, 5.74) is 13.5. The van der Waals surface area contributed by atoms with Crippen LogP contribution in [0.25, 0.3) is 94.7 Å². The molecule has 1 aliphatic rings. The third kappa shape index (κ3) is 7.72. The van der Waals surface area contributed by atoms with Gasteiger partial charge >= 0.3 is 6.18 Å². The smallest absolute Gasteiger partial charge is 0.309 e. The number of nitrogens with zero attached hydrogens (tertiary/aromatic N) is 7. The summed E-state index contributed by atoms with van der Waals surface area (Å²) in [6.45, 7) is 0. The van der Waals surface area contributed by atoms with Crippen molar-refractivity contribution >= 4 is 38.8 Å². The highest BCUT2D eigenvalue weighted by atomic mass is 19.4. The van der Waals surface area contributed by atoms with Gasteiger partial charge in [0.15, 0.2) is 0 Å². The first-order valence-corrected chi connectivity index (χ1v) is 23.7. The number of fused-ring (bicyclic) bond motifs is 6. The standard InChI is InChI=1S/C64H36F3N7/c65-64(66,67)51-17-18-52(63(33-51)74-60-21-15-49(45-11-3-7-41(27-45)36-70)31-55(60)56-32-50(16-22-61(56)74)46-12-4-8-42(28-46)37-71)57-38-72-24-23-62(57)73-58-19-13-47(43-9-1-5-39(25-43)34-68)29-53(58)54-30-48(14-20-59(54)73)44-10-2-6-40(26-44)35-69/h1-31,33,38,50H,32H2. The van der Waals surface area contributed by atoms with E-state index in [-0.39, 0.29) is 5.92 Å². The third-order valence-electron chi connectivity index (χ3n) is 14.1. The lowest BCUT2D eigenvalue weighted by atomic mass is 9.86. The van der Waals surface area contributed by atoms with E-state index in [0.29, 0.717) is 56.7 Å². The molecule has 0 saturated heterocycles. The molecule has 3 aromatic heterocycles. The maximum absolute atomic E-state index is 15.1. The van der Waals surface area contributed by atoms with Crippen LogP contribution >= 0.6 is 0 Å². The Balaban J connectivity index is 1.11. The zero-order valence-corrected chi connectivity index (χ0v) is 39.1. The van der Waals surface area contributed by atoms with Crippen LogP contribution in [0.2, 0.25) is 0 Å². The lowest BCUT2D eigenvalue weighted by Gasteiger charge is -2.22. The van der Waals surface area contributed by atoms with E-state index >= 15 is 13.2 Å². The number of nitriles is 4. The van der Waals surface area contributed by atoms with Crippen molar-refractivity contribution in [1.29, 1.82) is 21.0 Å². The monoisotopic (exact) mass is 959 g/mol. The molecule has 7 nitrogen and oxygen atoms in total. The molecule has 0 fully saturated rings. The average molecular weight is 960 g/mol. The number of aromatic nitrogens is 3. The number of allylic oxidation sites excluding steroid dienone is 1. The van der Waals surface area contributed by atoms with Crippen LogP contribution in [0.4, 0.5) is 13.2 Å². The maximum Gasteiger partial charge on any atom is 0.416 e. The van der Waals surface area contributed by atoms with E-state index in [2.05, 4.69) is 58.1 Å². The van der Waals surface area contributed by atoms with Gasteiger partial charge < -0.3 is 9.13 Å². The zero-order chi connectivity index (χ0) is 50.7. The number of alkyl halides is 3. The van der Waals surface area contributed by atoms with E-state index < -0.39 is 11.7 Å². The molecule has 0 spiro atoms. The molecule has 10 heteroatoms. The average Bonchev–Trinajstić information content (AvgIpc) is 3.95. The van der Waals surface area contributed by atoms with E-state index in [1.165, 1.54) is 12.1 Å². The van der Waals surface area contributed by atoms with Gasteiger partial charge in [-0.3, -0.25) is 4.98 Å². The lowest BCUT2D eigenvalue weighted by molar-refractivity contribution is -0.137. The van der Waals surface area contributed by atoms with Crippen molar-refractivity contribution in [3.05, 3.63) is 239 Å². The van der Waals surface area contributed by atoms with Gasteiger partial charge in [0, 0.05) is 51.3 Å². The Morgan fingerprint density at radius 3 is 1.51 bits per heavy atom. The summed E-state index contributed by atoms with van der Waals surface area (Å²) in [4.78, 5) is 4.63. The molecule has 1 unspecified atom stereocenters. The molecule has 0 saturated carbocycles. The quantitative estimate of drug-likeness (QED) is 0.158. The van der Waals surface area contributed by atoms with Crippen molar-refractivity contribution in [3.63, 3.8) is 0 Å². The van der Waals surface area contributed by atoms with Gasteiger partial charge in [0.2, 0.25) is 0 Å². The molecule has 8 aromatic carbocycles. The Hall–Kier alpha value is -10.3. The molecule has 0 N–H and O–H groups in total. The number of pyridine rings is 1. The Morgan fingerprint density at radius 2 is 0.973 bits per heavy atom. The molecule has 1 atom stereocenters. The predicted octanol–water partition coefficient (Wildman–Crippen LogP) is 15.6. The minimum atomic E-state index is -4.68. The summed E-state index contributed by atoms with van der Waals surface area (Å²) in [7, 11) is 0. The number of rotatable bonds is 7. The van der Waals surface area contributed by atoms with Crippen LogP contribution in [-0.2, 0) is 12.6 Å². The highest BCUT2D eigenvalue weighted by Gasteiger charge is 2.33. The van der Waals surface area contributed by atoms with Crippen LogP contribution < -0.4 is 0 Å². The third-order valence-corrected chi connectivity index (χ3v) is 14.1. The van der Waals surface area contributed by atoms with Crippen molar-refractivity contribution < 1.29 is 13.2 Å². The second kappa shape index (κ2) is 17.9. The van der Waals surface area contributed by atoms with E-state index in [1.807, 2.05) is 126 Å². The van der Waals surface area contributed by atoms with Gasteiger partial charge in [0.25, 0.3) is 0 Å². The molecule has 0 radical (unpaired) electrons. The molecule has 0 aliphatic heterocycles. The fourth-order valence-corrected chi connectivity index (χ4v) is 10.6. The SMILES string of the molecule is N#Cc1cccc(-c2ccc3c(c2)c2c(n3-c3cc(C(F)(F)F)ccc3-c3cnccc3-n3c4ccc(-c5cccc(C#N)c5)cc4c4cc(-c5cccc(C#N)c5)ccc43)C=CC(c3cccc(C#N)c3)C2)c1. The molecular weight excluding hydrogens is 924 g/mol. The highest BCUT2D eigenvalue weighted by molar-refractivity contribution is 6.12. The summed E-state index contributed by atoms with van der Waals surface area (Å²) >= 11 is 0. The van der Waals surface area contributed by atoms with Crippen LogP contribution in [0.1, 0.15) is 50.6 Å². The van der Waals surface area contributed by atoms with E-state index in [1.54, 1.807) is 36.7 Å². The number of hydrogen-bond acceptors (Lipinski definition) is 5. The molecule has 1 aliphatic carbocycles. The fraction of sp³-hybridized carbons (Fsp3) is 0.0469. The predicted molar refractivity (Wildman–Crippen MR) is 283 cm³/mol. The van der Waals surface area contributed by atoms with E-state index in [4.69, 9.17) is 0 Å². The first kappa shape index (κ1) is 44.9. The molecule has 0 amide bonds. The van der Waals surface area contributed by atoms with Gasteiger partial charge in [-0.2, -0.15) is 34.2 Å². The zero-order valence-electron chi connectivity index (χ0n) is 39.1. The minimum absolute atomic E-state index is 0.131. The largest absolute Gasteiger partial charge is 0.416 e. The van der Waals surface area contributed by atoms with Gasteiger partial charge in [0.1, 0.15) is 0 Å². The summed E-state index contributed by atoms with van der Waals surface area (Å²) in [5.74, 6) is -0.131. The molecule has 3 heterocycles. The molecule has 348 valence electrons. The van der Waals surface area contributed by atoms with Crippen molar-refractivity contribution in [2.45, 2.75) is 18.5 Å². The van der Waals surface area contributed by atoms with Crippen LogP contribution in [0.5, 0.6) is 0 Å². The Bertz CT molecular complexity index is 4240. The Kier molecular flexibility index (Phi) is 10.8. The summed E-state index contributed by atoms with van der Waals surface area (Å²) in [5, 5.41) is 41.8. The number of hydrogen-bond donors (Lipinski definition) is 0. The molecule has 12 rings (SSSR count). The van der Waals surface area contributed by atoms with Crippen molar-refractivity contribution in [2.75, 3.05) is 0 Å². The number of halogens is 3. The van der Waals surface area contributed by atoms with Gasteiger partial charge in [0.05, 0.1) is 80.0 Å². The lowest BCUT2D eigenvalue weighted by Crippen LogP contribution is -2.10.